The highest BCUT2D eigenvalue weighted by molar-refractivity contribution is 8.00. The number of amides is 2. The molecule has 1 aromatic carbocycles. The standard InChI is InChI=1S/C16H18N2O3S/c1-10-9-14(11(2)21-10)16(20)18-17-15(19)12(3)22-13-7-5-4-6-8-13/h4-9,12H,1-3H3,(H,17,19)(H,18,20)/t12-/m0/s1. The van der Waals surface area contributed by atoms with Crippen LogP contribution >= 0.6 is 11.8 Å². The Kier molecular flexibility index (Phi) is 5.27. The molecule has 116 valence electrons. The summed E-state index contributed by atoms with van der Waals surface area (Å²) in [7, 11) is 0. The first-order chi connectivity index (χ1) is 10.5. The molecule has 0 aliphatic heterocycles. The molecule has 0 spiro atoms. The third kappa shape index (κ3) is 4.14. The molecule has 5 nitrogen and oxygen atoms in total. The molecule has 0 fully saturated rings. The SMILES string of the molecule is Cc1cc(C(=O)NNC(=O)[C@H](C)Sc2ccccc2)c(C)o1. The molecule has 2 N–H and O–H groups in total. The normalized spacial score (nSPS) is 11.8. The number of carbonyl (C=O) groups is 2. The number of hydrogen-bond donors (Lipinski definition) is 2. The molecular formula is C16H18N2O3S. The van der Waals surface area contributed by atoms with Crippen molar-refractivity contribution in [2.45, 2.75) is 30.9 Å². The first-order valence-corrected chi connectivity index (χ1v) is 7.74. The molecule has 0 aliphatic rings. The Bertz CT molecular complexity index is 667. The largest absolute Gasteiger partial charge is 0.466 e. The quantitative estimate of drug-likeness (QED) is 0.672. The molecule has 0 saturated carbocycles. The van der Waals surface area contributed by atoms with E-state index in [1.807, 2.05) is 30.3 Å². The highest BCUT2D eigenvalue weighted by Crippen LogP contribution is 2.22. The van der Waals surface area contributed by atoms with Crippen LogP contribution < -0.4 is 10.9 Å². The van der Waals surface area contributed by atoms with Crippen LogP contribution in [0.25, 0.3) is 0 Å². The average molecular weight is 318 g/mol. The van der Waals surface area contributed by atoms with Crippen molar-refractivity contribution < 1.29 is 14.0 Å². The van der Waals surface area contributed by atoms with Crippen LogP contribution in [0.15, 0.2) is 45.7 Å². The fourth-order valence-electron chi connectivity index (χ4n) is 1.90. The molecule has 0 unspecified atom stereocenters. The zero-order valence-electron chi connectivity index (χ0n) is 12.7. The van der Waals surface area contributed by atoms with Gasteiger partial charge in [0.2, 0.25) is 0 Å². The number of benzene rings is 1. The van der Waals surface area contributed by atoms with Crippen LogP contribution in [-0.4, -0.2) is 17.1 Å². The highest BCUT2D eigenvalue weighted by atomic mass is 32.2. The lowest BCUT2D eigenvalue weighted by atomic mass is 10.2. The maximum absolute atomic E-state index is 12.0. The number of rotatable bonds is 4. The van der Waals surface area contributed by atoms with E-state index in [1.165, 1.54) is 11.8 Å². The molecule has 1 aromatic heterocycles. The number of hydrazine groups is 1. The number of hydrogen-bond acceptors (Lipinski definition) is 4. The Morgan fingerprint density at radius 2 is 1.82 bits per heavy atom. The molecular weight excluding hydrogens is 300 g/mol. The average Bonchev–Trinajstić information content (AvgIpc) is 2.84. The molecule has 1 atom stereocenters. The molecule has 2 amide bonds. The van der Waals surface area contributed by atoms with Crippen LogP contribution in [0.4, 0.5) is 0 Å². The number of thioether (sulfide) groups is 1. The lowest BCUT2D eigenvalue weighted by Gasteiger charge is -2.12. The van der Waals surface area contributed by atoms with Crippen molar-refractivity contribution in [2.24, 2.45) is 0 Å². The van der Waals surface area contributed by atoms with Crippen molar-refractivity contribution in [3.05, 3.63) is 53.5 Å². The summed E-state index contributed by atoms with van der Waals surface area (Å²) in [4.78, 5) is 25.0. The lowest BCUT2D eigenvalue weighted by Crippen LogP contribution is -2.45. The maximum atomic E-state index is 12.0. The van der Waals surface area contributed by atoms with E-state index in [9.17, 15) is 9.59 Å². The van der Waals surface area contributed by atoms with Crippen LogP contribution in [0, 0.1) is 13.8 Å². The van der Waals surface area contributed by atoms with E-state index in [-0.39, 0.29) is 17.1 Å². The van der Waals surface area contributed by atoms with E-state index in [2.05, 4.69) is 10.9 Å². The molecule has 0 bridgehead atoms. The Morgan fingerprint density at radius 3 is 2.41 bits per heavy atom. The summed E-state index contributed by atoms with van der Waals surface area (Å²) in [6.45, 7) is 5.25. The molecule has 2 aromatic rings. The fourth-order valence-corrected chi connectivity index (χ4v) is 2.79. The molecule has 6 heteroatoms. The van der Waals surface area contributed by atoms with Crippen molar-refractivity contribution in [2.75, 3.05) is 0 Å². The third-order valence-corrected chi connectivity index (χ3v) is 4.12. The molecule has 0 aliphatic carbocycles. The van der Waals surface area contributed by atoms with Crippen molar-refractivity contribution >= 4 is 23.6 Å². The predicted octanol–water partition coefficient (Wildman–Crippen LogP) is 2.84. The van der Waals surface area contributed by atoms with Gasteiger partial charge in [-0.3, -0.25) is 20.4 Å². The monoisotopic (exact) mass is 318 g/mol. The summed E-state index contributed by atoms with van der Waals surface area (Å²) in [5.41, 5.74) is 5.26. The number of furan rings is 1. The predicted molar refractivity (Wildman–Crippen MR) is 85.6 cm³/mol. The Morgan fingerprint density at radius 1 is 1.14 bits per heavy atom. The molecule has 0 radical (unpaired) electrons. The van der Waals surface area contributed by atoms with Crippen molar-refractivity contribution in [1.82, 2.24) is 10.9 Å². The summed E-state index contributed by atoms with van der Waals surface area (Å²) < 4.78 is 5.29. The van der Waals surface area contributed by atoms with Gasteiger partial charge in [0.05, 0.1) is 10.8 Å². The van der Waals surface area contributed by atoms with Gasteiger partial charge in [-0.05, 0) is 39.0 Å². The molecule has 2 rings (SSSR count). The van der Waals surface area contributed by atoms with Crippen LogP contribution in [0.5, 0.6) is 0 Å². The van der Waals surface area contributed by atoms with E-state index in [0.717, 1.165) is 4.90 Å². The summed E-state index contributed by atoms with van der Waals surface area (Å²) in [5, 5.41) is -0.324. The minimum atomic E-state index is -0.389. The van der Waals surface area contributed by atoms with Gasteiger partial charge < -0.3 is 4.42 Å². The zero-order valence-corrected chi connectivity index (χ0v) is 13.5. The van der Waals surface area contributed by atoms with Crippen molar-refractivity contribution in [1.29, 1.82) is 0 Å². The van der Waals surface area contributed by atoms with Gasteiger partial charge in [0, 0.05) is 4.90 Å². The first kappa shape index (κ1) is 16.2. The van der Waals surface area contributed by atoms with Crippen molar-refractivity contribution in [3.63, 3.8) is 0 Å². The van der Waals surface area contributed by atoms with Crippen LogP contribution in [0.1, 0.15) is 28.8 Å². The van der Waals surface area contributed by atoms with Crippen LogP contribution in [0.3, 0.4) is 0 Å². The second-order valence-corrected chi connectivity index (χ2v) is 6.26. The maximum Gasteiger partial charge on any atom is 0.273 e. The number of aryl methyl sites for hydroxylation is 2. The van der Waals surface area contributed by atoms with Gasteiger partial charge in [0.25, 0.3) is 11.8 Å². The molecule has 0 saturated heterocycles. The van der Waals surface area contributed by atoms with Gasteiger partial charge in [-0.2, -0.15) is 0 Å². The zero-order chi connectivity index (χ0) is 16.1. The Labute approximate surface area is 133 Å². The minimum absolute atomic E-state index is 0.264. The smallest absolute Gasteiger partial charge is 0.273 e. The summed E-state index contributed by atoms with van der Waals surface area (Å²) in [6, 6.07) is 11.3. The summed E-state index contributed by atoms with van der Waals surface area (Å²) >= 11 is 1.42. The van der Waals surface area contributed by atoms with Gasteiger partial charge in [-0.1, -0.05) is 18.2 Å². The Balaban J connectivity index is 1.87. The van der Waals surface area contributed by atoms with Crippen LogP contribution in [-0.2, 0) is 4.79 Å². The first-order valence-electron chi connectivity index (χ1n) is 6.86. The Hall–Kier alpha value is -2.21. The van der Waals surface area contributed by atoms with E-state index in [4.69, 9.17) is 4.42 Å². The minimum Gasteiger partial charge on any atom is -0.466 e. The van der Waals surface area contributed by atoms with Gasteiger partial charge in [0.15, 0.2) is 0 Å². The topological polar surface area (TPSA) is 71.3 Å². The van der Waals surface area contributed by atoms with Gasteiger partial charge in [-0.15, -0.1) is 11.8 Å². The molecule has 22 heavy (non-hydrogen) atoms. The summed E-state index contributed by atoms with van der Waals surface area (Å²) in [6.07, 6.45) is 0. The van der Waals surface area contributed by atoms with E-state index in [0.29, 0.717) is 17.1 Å². The van der Waals surface area contributed by atoms with Gasteiger partial charge in [-0.25, -0.2) is 0 Å². The lowest BCUT2D eigenvalue weighted by molar-refractivity contribution is -0.121. The fraction of sp³-hybridized carbons (Fsp3) is 0.250. The number of carbonyl (C=O) groups excluding carboxylic acids is 2. The van der Waals surface area contributed by atoms with E-state index >= 15 is 0 Å². The van der Waals surface area contributed by atoms with E-state index < -0.39 is 0 Å². The third-order valence-electron chi connectivity index (χ3n) is 3.01. The van der Waals surface area contributed by atoms with Gasteiger partial charge in [0.1, 0.15) is 11.5 Å². The second kappa shape index (κ2) is 7.17. The second-order valence-electron chi connectivity index (χ2n) is 4.84. The van der Waals surface area contributed by atoms with Crippen molar-refractivity contribution in [3.8, 4) is 0 Å². The summed E-state index contributed by atoms with van der Waals surface area (Å²) in [5.74, 6) is 0.526. The van der Waals surface area contributed by atoms with E-state index in [1.54, 1.807) is 26.8 Å². The molecule has 1 heterocycles. The highest BCUT2D eigenvalue weighted by Gasteiger charge is 2.17. The van der Waals surface area contributed by atoms with Gasteiger partial charge >= 0.3 is 0 Å². The van der Waals surface area contributed by atoms with Crippen LogP contribution in [0.2, 0.25) is 0 Å². The number of nitrogens with one attached hydrogen (secondary N) is 2.